The van der Waals surface area contributed by atoms with Gasteiger partial charge >= 0.3 is 0 Å². The maximum absolute atomic E-state index is 13.4. The lowest BCUT2D eigenvalue weighted by molar-refractivity contribution is 0.195. The molecule has 0 spiro atoms. The lowest BCUT2D eigenvalue weighted by atomic mass is 10.1. The monoisotopic (exact) mass is 447 g/mol. The van der Waals surface area contributed by atoms with Gasteiger partial charge in [-0.2, -0.15) is 9.78 Å². The topological polar surface area (TPSA) is 81.9 Å². The quantitative estimate of drug-likeness (QED) is 0.502. The number of hydrogen-bond donors (Lipinski definition) is 1. The molecular weight excluding hydrogens is 426 g/mol. The Hall–Kier alpha value is -3.29. The number of anilines is 1. The molecule has 1 atom stereocenters. The Balaban J connectivity index is 1.70. The number of pyridine rings is 2. The van der Waals surface area contributed by atoms with Crippen molar-refractivity contribution in [1.82, 2.24) is 19.7 Å². The van der Waals surface area contributed by atoms with Crippen LogP contribution in [-0.4, -0.2) is 39.0 Å². The van der Waals surface area contributed by atoms with E-state index < -0.39 is 0 Å². The summed E-state index contributed by atoms with van der Waals surface area (Å²) in [6, 6.07) is 13.2. The molecule has 5 rings (SSSR count). The second-order valence-electron chi connectivity index (χ2n) is 7.96. The van der Waals surface area contributed by atoms with Crippen LogP contribution in [0.4, 0.5) is 5.82 Å². The molecule has 1 aliphatic heterocycles. The molecule has 0 radical (unpaired) electrons. The van der Waals surface area contributed by atoms with Gasteiger partial charge in [-0.15, -0.1) is 0 Å². The fourth-order valence-electron chi connectivity index (χ4n) is 3.83. The summed E-state index contributed by atoms with van der Waals surface area (Å²) >= 11 is 6.09. The van der Waals surface area contributed by atoms with E-state index in [1.165, 1.54) is 4.68 Å². The standard InChI is InChI=1S/C24H22ClN5O2/c1-14-11-20-22(16-3-5-17(25)6-4-16)29-30(24(31)23(20)27-15(14)2)19-7-9-26-21(12-19)28-18-8-10-32-13-18/h3-7,9,11-12,18H,8,10,13H2,1-2H3,(H,26,28)/t18-/m0/s1. The predicted octanol–water partition coefficient (Wildman–Crippen LogP) is 4.31. The third-order valence-corrected chi connectivity index (χ3v) is 5.96. The largest absolute Gasteiger partial charge is 0.379 e. The normalized spacial score (nSPS) is 15.9. The Morgan fingerprint density at radius 1 is 1.16 bits per heavy atom. The molecule has 0 aliphatic carbocycles. The molecule has 1 fully saturated rings. The molecule has 0 unspecified atom stereocenters. The van der Waals surface area contributed by atoms with Crippen molar-refractivity contribution in [2.24, 2.45) is 0 Å². The van der Waals surface area contributed by atoms with Gasteiger partial charge in [0.25, 0.3) is 5.56 Å². The van der Waals surface area contributed by atoms with Gasteiger partial charge in [0.05, 0.1) is 18.3 Å². The van der Waals surface area contributed by atoms with Gasteiger partial charge in [-0.3, -0.25) is 4.79 Å². The molecule has 0 amide bonds. The van der Waals surface area contributed by atoms with Gasteiger partial charge in [0.15, 0.2) is 0 Å². The number of halogens is 1. The molecule has 162 valence electrons. The molecule has 4 heterocycles. The van der Waals surface area contributed by atoms with Crippen LogP contribution in [0.1, 0.15) is 17.7 Å². The van der Waals surface area contributed by atoms with E-state index in [0.717, 1.165) is 29.8 Å². The van der Waals surface area contributed by atoms with E-state index in [9.17, 15) is 4.79 Å². The number of benzene rings is 1. The van der Waals surface area contributed by atoms with Gasteiger partial charge in [-0.1, -0.05) is 23.7 Å². The van der Waals surface area contributed by atoms with Crippen LogP contribution < -0.4 is 10.9 Å². The highest BCUT2D eigenvalue weighted by atomic mass is 35.5. The number of nitrogens with zero attached hydrogens (tertiary/aromatic N) is 4. The molecule has 0 bridgehead atoms. The van der Waals surface area contributed by atoms with Crippen LogP contribution in [0.3, 0.4) is 0 Å². The predicted molar refractivity (Wildman–Crippen MR) is 126 cm³/mol. The smallest absolute Gasteiger partial charge is 0.298 e. The number of aryl methyl sites for hydroxylation is 2. The molecule has 1 saturated heterocycles. The molecule has 1 N–H and O–H groups in total. The molecule has 8 heteroatoms. The Morgan fingerprint density at radius 2 is 1.97 bits per heavy atom. The summed E-state index contributed by atoms with van der Waals surface area (Å²) < 4.78 is 6.82. The van der Waals surface area contributed by atoms with Crippen LogP contribution in [0, 0.1) is 13.8 Å². The van der Waals surface area contributed by atoms with Crippen molar-refractivity contribution in [1.29, 1.82) is 0 Å². The van der Waals surface area contributed by atoms with Gasteiger partial charge in [0.2, 0.25) is 0 Å². The first-order chi connectivity index (χ1) is 15.5. The summed E-state index contributed by atoms with van der Waals surface area (Å²) in [5, 5.41) is 9.47. The van der Waals surface area contributed by atoms with Crippen molar-refractivity contribution in [2.45, 2.75) is 26.3 Å². The third kappa shape index (κ3) is 3.85. The second kappa shape index (κ2) is 8.33. The number of ether oxygens (including phenoxy) is 1. The lowest BCUT2D eigenvalue weighted by Crippen LogP contribution is -2.24. The number of fused-ring (bicyclic) bond motifs is 1. The van der Waals surface area contributed by atoms with Crippen molar-refractivity contribution >= 4 is 28.3 Å². The zero-order chi connectivity index (χ0) is 22.2. The van der Waals surface area contributed by atoms with Crippen LogP contribution in [0.25, 0.3) is 27.8 Å². The highest BCUT2D eigenvalue weighted by Crippen LogP contribution is 2.27. The van der Waals surface area contributed by atoms with Gasteiger partial charge in [0, 0.05) is 40.5 Å². The average molecular weight is 448 g/mol. The van der Waals surface area contributed by atoms with Crippen molar-refractivity contribution in [2.75, 3.05) is 18.5 Å². The van der Waals surface area contributed by atoms with Crippen molar-refractivity contribution in [3.05, 3.63) is 75.3 Å². The molecule has 3 aromatic heterocycles. The number of aromatic nitrogens is 4. The Bertz CT molecular complexity index is 1360. The maximum atomic E-state index is 13.4. The van der Waals surface area contributed by atoms with E-state index in [1.54, 1.807) is 12.3 Å². The van der Waals surface area contributed by atoms with Crippen LogP contribution in [0.15, 0.2) is 53.5 Å². The SMILES string of the molecule is Cc1cc2c(-c3ccc(Cl)cc3)nn(-c3ccnc(N[C@H]4CCOC4)c3)c(=O)c2nc1C. The summed E-state index contributed by atoms with van der Waals surface area (Å²) in [5.41, 5.74) is 4.05. The zero-order valence-corrected chi connectivity index (χ0v) is 18.6. The van der Waals surface area contributed by atoms with Gasteiger partial charge in [0.1, 0.15) is 17.0 Å². The van der Waals surface area contributed by atoms with Crippen LogP contribution >= 0.6 is 11.6 Å². The fourth-order valence-corrected chi connectivity index (χ4v) is 3.96. The van der Waals surface area contributed by atoms with Crippen LogP contribution in [0.5, 0.6) is 0 Å². The molecule has 4 aromatic rings. The van der Waals surface area contributed by atoms with Gasteiger partial charge < -0.3 is 10.1 Å². The van der Waals surface area contributed by atoms with Crippen LogP contribution in [0.2, 0.25) is 5.02 Å². The zero-order valence-electron chi connectivity index (χ0n) is 17.8. The Morgan fingerprint density at radius 3 is 2.72 bits per heavy atom. The van der Waals surface area contributed by atoms with Crippen molar-refractivity contribution in [3.8, 4) is 16.9 Å². The lowest BCUT2D eigenvalue weighted by Gasteiger charge is -2.14. The second-order valence-corrected chi connectivity index (χ2v) is 8.40. The number of hydrogen-bond acceptors (Lipinski definition) is 6. The van der Waals surface area contributed by atoms with E-state index in [4.69, 9.17) is 21.4 Å². The Labute approximate surface area is 190 Å². The van der Waals surface area contributed by atoms with E-state index in [1.807, 2.05) is 50.2 Å². The summed E-state index contributed by atoms with van der Waals surface area (Å²) in [7, 11) is 0. The minimum absolute atomic E-state index is 0.205. The van der Waals surface area contributed by atoms with E-state index in [-0.39, 0.29) is 11.6 Å². The molecule has 7 nitrogen and oxygen atoms in total. The van der Waals surface area contributed by atoms with E-state index in [2.05, 4.69) is 15.3 Å². The summed E-state index contributed by atoms with van der Waals surface area (Å²) in [5.74, 6) is 0.674. The Kier molecular flexibility index (Phi) is 5.36. The first-order valence-electron chi connectivity index (χ1n) is 10.5. The van der Waals surface area contributed by atoms with E-state index in [0.29, 0.717) is 39.7 Å². The average Bonchev–Trinajstić information content (AvgIpc) is 3.29. The maximum Gasteiger partial charge on any atom is 0.298 e. The minimum atomic E-state index is -0.276. The molecule has 32 heavy (non-hydrogen) atoms. The van der Waals surface area contributed by atoms with E-state index >= 15 is 0 Å². The molecule has 1 aliphatic rings. The van der Waals surface area contributed by atoms with Crippen molar-refractivity contribution < 1.29 is 4.74 Å². The van der Waals surface area contributed by atoms with Gasteiger partial charge in [-0.25, -0.2) is 9.97 Å². The first kappa shape index (κ1) is 20.6. The first-order valence-corrected chi connectivity index (χ1v) is 10.9. The summed E-state index contributed by atoms with van der Waals surface area (Å²) in [6.45, 7) is 5.26. The summed E-state index contributed by atoms with van der Waals surface area (Å²) in [4.78, 5) is 22.5. The van der Waals surface area contributed by atoms with Gasteiger partial charge in [-0.05, 0) is 50.1 Å². The third-order valence-electron chi connectivity index (χ3n) is 5.70. The molecular formula is C24H22ClN5O2. The van der Waals surface area contributed by atoms with Crippen LogP contribution in [-0.2, 0) is 4.74 Å². The number of nitrogens with one attached hydrogen (secondary N) is 1. The minimum Gasteiger partial charge on any atom is -0.379 e. The fraction of sp³-hybridized carbons (Fsp3) is 0.250. The highest BCUT2D eigenvalue weighted by molar-refractivity contribution is 6.30. The van der Waals surface area contributed by atoms with Crippen molar-refractivity contribution in [3.63, 3.8) is 0 Å². The number of rotatable bonds is 4. The highest BCUT2D eigenvalue weighted by Gasteiger charge is 2.18. The molecule has 0 saturated carbocycles. The summed E-state index contributed by atoms with van der Waals surface area (Å²) in [6.07, 6.45) is 2.59. The molecule has 1 aromatic carbocycles.